The van der Waals surface area contributed by atoms with Crippen molar-refractivity contribution in [3.05, 3.63) is 78.4 Å². The normalized spacial score (nSPS) is 11.4. The van der Waals surface area contributed by atoms with Crippen molar-refractivity contribution in [3.8, 4) is 22.6 Å². The van der Waals surface area contributed by atoms with Crippen LogP contribution in [-0.2, 0) is 4.79 Å². The van der Waals surface area contributed by atoms with Gasteiger partial charge in [-0.3, -0.25) is 9.59 Å². The second-order valence-corrected chi connectivity index (χ2v) is 6.58. The monoisotopic (exact) mass is 389 g/mol. The Morgan fingerprint density at radius 1 is 0.897 bits per heavy atom. The highest BCUT2D eigenvalue weighted by molar-refractivity contribution is 5.98. The van der Waals surface area contributed by atoms with Gasteiger partial charge < -0.3 is 14.8 Å². The van der Waals surface area contributed by atoms with Gasteiger partial charge >= 0.3 is 0 Å². The molecule has 0 unspecified atom stereocenters. The number of ether oxygens (including phenoxy) is 2. The number of carbonyl (C=O) groups excluding carboxylic acids is 2. The Morgan fingerprint density at radius 3 is 2.28 bits per heavy atom. The predicted molar refractivity (Wildman–Crippen MR) is 114 cm³/mol. The fraction of sp³-hybridized carbons (Fsp3) is 0.167. The smallest absolute Gasteiger partial charge is 0.265 e. The number of rotatable bonds is 7. The van der Waals surface area contributed by atoms with Crippen LogP contribution in [0.4, 0.5) is 5.69 Å². The number of para-hydroxylation sites is 1. The molecule has 0 fully saturated rings. The van der Waals surface area contributed by atoms with E-state index in [1.165, 1.54) is 14.0 Å². The molecule has 3 aromatic rings. The summed E-state index contributed by atoms with van der Waals surface area (Å²) in [6.07, 6.45) is -0.768. The lowest BCUT2D eigenvalue weighted by Gasteiger charge is -2.18. The molecule has 0 aromatic heterocycles. The van der Waals surface area contributed by atoms with Crippen LogP contribution in [-0.4, -0.2) is 24.9 Å². The molecule has 5 heteroatoms. The van der Waals surface area contributed by atoms with Gasteiger partial charge in [0.05, 0.1) is 7.11 Å². The van der Waals surface area contributed by atoms with Crippen LogP contribution in [0.2, 0.25) is 0 Å². The van der Waals surface area contributed by atoms with E-state index >= 15 is 0 Å². The van der Waals surface area contributed by atoms with Crippen LogP contribution in [0.5, 0.6) is 11.5 Å². The predicted octanol–water partition coefficient (Wildman–Crippen LogP) is 4.97. The molecule has 0 aliphatic heterocycles. The van der Waals surface area contributed by atoms with E-state index in [1.807, 2.05) is 54.6 Å². The van der Waals surface area contributed by atoms with Gasteiger partial charge in [0.15, 0.2) is 23.4 Å². The van der Waals surface area contributed by atoms with Crippen LogP contribution in [0.15, 0.2) is 72.8 Å². The molecule has 0 aliphatic rings. The highest BCUT2D eigenvalue weighted by Crippen LogP contribution is 2.30. The van der Waals surface area contributed by atoms with E-state index < -0.39 is 6.10 Å². The van der Waals surface area contributed by atoms with Gasteiger partial charge in [0, 0.05) is 16.8 Å². The van der Waals surface area contributed by atoms with Crippen LogP contribution in [0.25, 0.3) is 11.1 Å². The maximum atomic E-state index is 12.7. The average molecular weight is 389 g/mol. The van der Waals surface area contributed by atoms with Crippen molar-refractivity contribution in [2.75, 3.05) is 12.4 Å². The molecule has 0 bridgehead atoms. The number of amides is 1. The van der Waals surface area contributed by atoms with Crippen LogP contribution in [0.1, 0.15) is 24.2 Å². The summed E-state index contributed by atoms with van der Waals surface area (Å²) in [5.41, 5.74) is 3.16. The van der Waals surface area contributed by atoms with E-state index in [9.17, 15) is 9.59 Å². The number of benzene rings is 3. The van der Waals surface area contributed by atoms with Gasteiger partial charge in [-0.2, -0.15) is 0 Å². The largest absolute Gasteiger partial charge is 0.493 e. The first-order valence-corrected chi connectivity index (χ1v) is 9.30. The van der Waals surface area contributed by atoms with Crippen molar-refractivity contribution < 1.29 is 19.1 Å². The molecule has 0 saturated carbocycles. The highest BCUT2D eigenvalue weighted by atomic mass is 16.5. The summed E-state index contributed by atoms with van der Waals surface area (Å²) in [5.74, 6) is 0.447. The second-order valence-electron chi connectivity index (χ2n) is 6.58. The molecule has 5 nitrogen and oxygen atoms in total. The zero-order chi connectivity index (χ0) is 20.8. The molecule has 1 amide bonds. The first-order chi connectivity index (χ1) is 14.0. The lowest BCUT2D eigenvalue weighted by molar-refractivity contribution is -0.122. The van der Waals surface area contributed by atoms with Crippen molar-refractivity contribution >= 4 is 17.4 Å². The molecular weight excluding hydrogens is 366 g/mol. The standard InChI is InChI=1S/C24H23NO4/c1-16(26)19-13-14-22(23(15-19)28-3)29-17(2)24(27)25-21-12-8-7-11-20(21)18-9-5-4-6-10-18/h4-15,17H,1-3H3,(H,25,27)/t17-/m1/s1. The molecule has 3 rings (SSSR count). The molecule has 1 N–H and O–H groups in total. The number of hydrogen-bond donors (Lipinski definition) is 1. The van der Waals surface area contributed by atoms with Gasteiger partial charge in [-0.25, -0.2) is 0 Å². The van der Waals surface area contributed by atoms with Crippen molar-refractivity contribution in [2.45, 2.75) is 20.0 Å². The topological polar surface area (TPSA) is 64.6 Å². The van der Waals surface area contributed by atoms with Gasteiger partial charge in [-0.1, -0.05) is 48.5 Å². The molecule has 0 spiro atoms. The Morgan fingerprint density at radius 2 is 1.59 bits per heavy atom. The van der Waals surface area contributed by atoms with Crippen molar-refractivity contribution in [1.82, 2.24) is 0 Å². The van der Waals surface area contributed by atoms with E-state index in [-0.39, 0.29) is 11.7 Å². The number of Topliss-reactive ketones (excluding diaryl/α,β-unsaturated/α-hetero) is 1. The molecule has 0 heterocycles. The number of hydrogen-bond acceptors (Lipinski definition) is 4. The Hall–Kier alpha value is -3.60. The summed E-state index contributed by atoms with van der Waals surface area (Å²) in [5, 5.41) is 2.94. The maximum absolute atomic E-state index is 12.7. The molecule has 1 atom stereocenters. The molecule has 148 valence electrons. The van der Waals surface area contributed by atoms with Crippen molar-refractivity contribution in [1.29, 1.82) is 0 Å². The molecule has 3 aromatic carbocycles. The van der Waals surface area contributed by atoms with E-state index in [0.29, 0.717) is 22.7 Å². The average Bonchev–Trinajstić information content (AvgIpc) is 2.74. The number of methoxy groups -OCH3 is 1. The molecule has 0 aliphatic carbocycles. The first-order valence-electron chi connectivity index (χ1n) is 9.30. The van der Waals surface area contributed by atoms with Crippen molar-refractivity contribution in [3.63, 3.8) is 0 Å². The third kappa shape index (κ3) is 4.82. The minimum atomic E-state index is -0.768. The zero-order valence-corrected chi connectivity index (χ0v) is 16.6. The van der Waals surface area contributed by atoms with E-state index in [2.05, 4.69) is 5.32 Å². The number of ketones is 1. The van der Waals surface area contributed by atoms with E-state index in [4.69, 9.17) is 9.47 Å². The van der Waals surface area contributed by atoms with Gasteiger partial charge in [0.25, 0.3) is 5.91 Å². The van der Waals surface area contributed by atoms with Gasteiger partial charge in [-0.15, -0.1) is 0 Å². The van der Waals surface area contributed by atoms with Crippen LogP contribution < -0.4 is 14.8 Å². The maximum Gasteiger partial charge on any atom is 0.265 e. The summed E-state index contributed by atoms with van der Waals surface area (Å²) in [4.78, 5) is 24.3. The Balaban J connectivity index is 1.77. The zero-order valence-electron chi connectivity index (χ0n) is 16.6. The van der Waals surface area contributed by atoms with Crippen LogP contribution in [0.3, 0.4) is 0 Å². The van der Waals surface area contributed by atoms with E-state index in [0.717, 1.165) is 11.1 Å². The summed E-state index contributed by atoms with van der Waals surface area (Å²) in [6.45, 7) is 3.15. The number of anilines is 1. The third-order valence-electron chi connectivity index (χ3n) is 4.51. The Kier molecular flexibility index (Phi) is 6.29. The lowest BCUT2D eigenvalue weighted by Crippen LogP contribution is -2.30. The summed E-state index contributed by atoms with van der Waals surface area (Å²) < 4.78 is 11.1. The SMILES string of the molecule is COc1cc(C(C)=O)ccc1O[C@H](C)C(=O)Nc1ccccc1-c1ccccc1. The van der Waals surface area contributed by atoms with Crippen molar-refractivity contribution in [2.24, 2.45) is 0 Å². The second kappa shape index (κ2) is 9.06. The number of nitrogens with one attached hydrogen (secondary N) is 1. The minimum Gasteiger partial charge on any atom is -0.493 e. The lowest BCUT2D eigenvalue weighted by atomic mass is 10.0. The molecule has 0 saturated heterocycles. The Labute approximate surface area is 170 Å². The number of carbonyl (C=O) groups is 2. The van der Waals surface area contributed by atoms with Gasteiger partial charge in [-0.05, 0) is 43.7 Å². The summed E-state index contributed by atoms with van der Waals surface area (Å²) in [6, 6.07) is 22.3. The van der Waals surface area contributed by atoms with Gasteiger partial charge in [0.1, 0.15) is 0 Å². The first kappa shape index (κ1) is 20.1. The van der Waals surface area contributed by atoms with Crippen LogP contribution >= 0.6 is 0 Å². The third-order valence-corrected chi connectivity index (χ3v) is 4.51. The molecule has 29 heavy (non-hydrogen) atoms. The fourth-order valence-corrected chi connectivity index (χ4v) is 2.92. The highest BCUT2D eigenvalue weighted by Gasteiger charge is 2.19. The summed E-state index contributed by atoms with van der Waals surface area (Å²) >= 11 is 0. The summed E-state index contributed by atoms with van der Waals surface area (Å²) in [7, 11) is 1.49. The fourth-order valence-electron chi connectivity index (χ4n) is 2.92. The van der Waals surface area contributed by atoms with Crippen LogP contribution in [0, 0.1) is 0 Å². The minimum absolute atomic E-state index is 0.0711. The molecule has 0 radical (unpaired) electrons. The molecular formula is C24H23NO4. The van der Waals surface area contributed by atoms with E-state index in [1.54, 1.807) is 25.1 Å². The van der Waals surface area contributed by atoms with Gasteiger partial charge in [0.2, 0.25) is 0 Å². The quantitative estimate of drug-likeness (QED) is 0.580. The Bertz CT molecular complexity index is 1010.